The van der Waals surface area contributed by atoms with E-state index < -0.39 is 0 Å². The van der Waals surface area contributed by atoms with Crippen molar-refractivity contribution in [3.05, 3.63) is 18.5 Å². The number of carbonyl (C=O) groups is 1. The molecule has 1 aromatic heterocycles. The van der Waals surface area contributed by atoms with E-state index in [0.29, 0.717) is 25.0 Å². The monoisotopic (exact) mass is 292 g/mol. The van der Waals surface area contributed by atoms with E-state index in [9.17, 15) is 4.79 Å². The fraction of sp³-hybridized carbons (Fsp3) is 0.667. The third kappa shape index (κ3) is 5.21. The highest BCUT2D eigenvalue weighted by molar-refractivity contribution is 5.74. The topological polar surface area (TPSA) is 67.4 Å². The number of hydrogen-bond donors (Lipinski definition) is 1. The van der Waals surface area contributed by atoms with E-state index >= 15 is 0 Å². The lowest BCUT2D eigenvalue weighted by Gasteiger charge is -2.31. The maximum Gasteiger partial charge on any atom is 0.317 e. The van der Waals surface area contributed by atoms with Crippen LogP contribution in [0.2, 0.25) is 0 Å². The first-order valence-corrected chi connectivity index (χ1v) is 7.61. The van der Waals surface area contributed by atoms with Crippen LogP contribution in [0.1, 0.15) is 33.1 Å². The Morgan fingerprint density at radius 2 is 2.05 bits per heavy atom. The van der Waals surface area contributed by atoms with Gasteiger partial charge in [-0.2, -0.15) is 0 Å². The van der Waals surface area contributed by atoms with Gasteiger partial charge in [0.25, 0.3) is 0 Å². The van der Waals surface area contributed by atoms with Gasteiger partial charge >= 0.3 is 12.0 Å². The summed E-state index contributed by atoms with van der Waals surface area (Å²) in [6.07, 6.45) is 6.06. The van der Waals surface area contributed by atoms with Crippen LogP contribution in [-0.2, 0) is 0 Å². The minimum atomic E-state index is 0.0325. The molecule has 1 N–H and O–H groups in total. The van der Waals surface area contributed by atoms with Gasteiger partial charge in [-0.3, -0.25) is 0 Å². The van der Waals surface area contributed by atoms with Crippen LogP contribution in [0.4, 0.5) is 4.79 Å². The summed E-state index contributed by atoms with van der Waals surface area (Å²) in [4.78, 5) is 22.0. The molecular formula is C15H24N4O2. The van der Waals surface area contributed by atoms with Gasteiger partial charge in [0.2, 0.25) is 0 Å². The highest BCUT2D eigenvalue weighted by Crippen LogP contribution is 2.15. The van der Waals surface area contributed by atoms with Crippen LogP contribution in [-0.4, -0.2) is 46.6 Å². The van der Waals surface area contributed by atoms with Crippen molar-refractivity contribution in [1.29, 1.82) is 0 Å². The first kappa shape index (κ1) is 15.5. The second-order valence-corrected chi connectivity index (χ2v) is 5.75. The standard InChI is InChI=1S/C15H24N4O2/c1-12(2)4-9-18-15(20)19-10-5-13(6-11-19)21-14-16-7-3-8-17-14/h3,7-8,12-13H,4-6,9-11H2,1-2H3,(H,18,20). The molecule has 1 aromatic rings. The number of aromatic nitrogens is 2. The van der Waals surface area contributed by atoms with Crippen molar-refractivity contribution < 1.29 is 9.53 Å². The quantitative estimate of drug-likeness (QED) is 0.902. The molecule has 0 atom stereocenters. The van der Waals surface area contributed by atoms with Crippen LogP contribution in [0, 0.1) is 5.92 Å². The van der Waals surface area contributed by atoms with E-state index in [-0.39, 0.29) is 12.1 Å². The summed E-state index contributed by atoms with van der Waals surface area (Å²) in [6.45, 7) is 6.47. The SMILES string of the molecule is CC(C)CCNC(=O)N1CCC(Oc2ncccn2)CC1. The first-order valence-electron chi connectivity index (χ1n) is 7.61. The highest BCUT2D eigenvalue weighted by atomic mass is 16.5. The molecule has 6 heteroatoms. The van der Waals surface area contributed by atoms with Crippen LogP contribution >= 0.6 is 0 Å². The van der Waals surface area contributed by atoms with Crippen LogP contribution in [0.25, 0.3) is 0 Å². The molecule has 1 saturated heterocycles. The smallest absolute Gasteiger partial charge is 0.317 e. The highest BCUT2D eigenvalue weighted by Gasteiger charge is 2.24. The summed E-state index contributed by atoms with van der Waals surface area (Å²) >= 11 is 0. The molecule has 1 aliphatic heterocycles. The Morgan fingerprint density at radius 1 is 1.38 bits per heavy atom. The molecular weight excluding hydrogens is 268 g/mol. The molecule has 0 bridgehead atoms. The van der Waals surface area contributed by atoms with Crippen LogP contribution < -0.4 is 10.1 Å². The molecule has 0 aliphatic carbocycles. The normalized spacial score (nSPS) is 16.0. The lowest BCUT2D eigenvalue weighted by molar-refractivity contribution is 0.103. The number of ether oxygens (including phenoxy) is 1. The summed E-state index contributed by atoms with van der Waals surface area (Å²) in [5.41, 5.74) is 0. The summed E-state index contributed by atoms with van der Waals surface area (Å²) in [5.74, 6) is 0.607. The van der Waals surface area contributed by atoms with Gasteiger partial charge in [0.1, 0.15) is 6.10 Å². The number of rotatable bonds is 5. The van der Waals surface area contributed by atoms with Gasteiger partial charge in [0.05, 0.1) is 0 Å². The zero-order valence-corrected chi connectivity index (χ0v) is 12.8. The molecule has 6 nitrogen and oxygen atoms in total. The molecule has 2 heterocycles. The molecule has 1 fully saturated rings. The zero-order valence-electron chi connectivity index (χ0n) is 12.8. The van der Waals surface area contributed by atoms with Crippen LogP contribution in [0.15, 0.2) is 18.5 Å². The summed E-state index contributed by atoms with van der Waals surface area (Å²) in [7, 11) is 0. The van der Waals surface area contributed by atoms with Crippen molar-refractivity contribution in [3.63, 3.8) is 0 Å². The summed E-state index contributed by atoms with van der Waals surface area (Å²) < 4.78 is 5.72. The van der Waals surface area contributed by atoms with Crippen molar-refractivity contribution in [2.45, 2.75) is 39.2 Å². The number of carbonyl (C=O) groups excluding carboxylic acids is 1. The number of nitrogens with one attached hydrogen (secondary N) is 1. The van der Waals surface area contributed by atoms with E-state index in [1.807, 2.05) is 4.90 Å². The van der Waals surface area contributed by atoms with E-state index in [2.05, 4.69) is 29.1 Å². The molecule has 0 aromatic carbocycles. The largest absolute Gasteiger partial charge is 0.460 e. The van der Waals surface area contributed by atoms with E-state index in [1.54, 1.807) is 18.5 Å². The number of amides is 2. The number of hydrogen-bond acceptors (Lipinski definition) is 4. The maximum absolute atomic E-state index is 12.0. The zero-order chi connectivity index (χ0) is 15.1. The van der Waals surface area contributed by atoms with E-state index in [0.717, 1.165) is 25.8 Å². The molecule has 0 radical (unpaired) electrons. The van der Waals surface area contributed by atoms with Gasteiger partial charge < -0.3 is 15.0 Å². The van der Waals surface area contributed by atoms with Gasteiger partial charge in [-0.05, 0) is 18.4 Å². The second kappa shape index (κ2) is 7.81. The molecule has 0 saturated carbocycles. The molecule has 1 aliphatic rings. The van der Waals surface area contributed by atoms with Crippen molar-refractivity contribution >= 4 is 6.03 Å². The Kier molecular flexibility index (Phi) is 5.78. The van der Waals surface area contributed by atoms with Gasteiger partial charge in [-0.15, -0.1) is 0 Å². The fourth-order valence-electron chi connectivity index (χ4n) is 2.25. The second-order valence-electron chi connectivity index (χ2n) is 5.75. The number of nitrogens with zero attached hydrogens (tertiary/aromatic N) is 3. The molecule has 2 amide bonds. The van der Waals surface area contributed by atoms with Crippen molar-refractivity contribution in [3.8, 4) is 6.01 Å². The lowest BCUT2D eigenvalue weighted by atomic mass is 10.1. The van der Waals surface area contributed by atoms with Gasteiger partial charge in [0, 0.05) is 44.9 Å². The maximum atomic E-state index is 12.0. The van der Waals surface area contributed by atoms with Crippen molar-refractivity contribution in [1.82, 2.24) is 20.2 Å². The third-order valence-corrected chi connectivity index (χ3v) is 3.54. The fourth-order valence-corrected chi connectivity index (χ4v) is 2.25. The van der Waals surface area contributed by atoms with Gasteiger partial charge in [-0.1, -0.05) is 13.8 Å². The number of urea groups is 1. The van der Waals surface area contributed by atoms with Crippen molar-refractivity contribution in [2.24, 2.45) is 5.92 Å². The Balaban J connectivity index is 1.69. The minimum Gasteiger partial charge on any atom is -0.460 e. The summed E-state index contributed by atoms with van der Waals surface area (Å²) in [6, 6.07) is 2.21. The summed E-state index contributed by atoms with van der Waals surface area (Å²) in [5, 5.41) is 2.97. The Hall–Kier alpha value is -1.85. The third-order valence-electron chi connectivity index (χ3n) is 3.54. The molecule has 0 unspecified atom stereocenters. The van der Waals surface area contributed by atoms with Gasteiger partial charge in [0.15, 0.2) is 0 Å². The minimum absolute atomic E-state index is 0.0325. The van der Waals surface area contributed by atoms with E-state index in [4.69, 9.17) is 4.74 Å². The Bertz CT molecular complexity index is 431. The molecule has 0 spiro atoms. The Morgan fingerprint density at radius 3 is 2.67 bits per heavy atom. The van der Waals surface area contributed by atoms with Gasteiger partial charge in [-0.25, -0.2) is 14.8 Å². The molecule has 116 valence electrons. The number of likely N-dealkylation sites (tertiary alicyclic amines) is 1. The first-order chi connectivity index (χ1) is 10.1. The average Bonchev–Trinajstić information content (AvgIpc) is 2.48. The molecule has 2 rings (SSSR count). The predicted molar refractivity (Wildman–Crippen MR) is 80.1 cm³/mol. The van der Waals surface area contributed by atoms with Crippen molar-refractivity contribution in [2.75, 3.05) is 19.6 Å². The number of piperidine rings is 1. The van der Waals surface area contributed by atoms with E-state index in [1.165, 1.54) is 0 Å². The van der Waals surface area contributed by atoms with Crippen LogP contribution in [0.3, 0.4) is 0 Å². The molecule has 21 heavy (non-hydrogen) atoms. The van der Waals surface area contributed by atoms with Crippen LogP contribution in [0.5, 0.6) is 6.01 Å². The average molecular weight is 292 g/mol. The Labute approximate surface area is 125 Å². The lowest BCUT2D eigenvalue weighted by Crippen LogP contribution is -2.46. The predicted octanol–water partition coefficient (Wildman–Crippen LogP) is 2.08.